The average Bonchev–Trinajstić information content (AvgIpc) is 2.78. The van der Waals surface area contributed by atoms with Gasteiger partial charge in [-0.2, -0.15) is 0 Å². The second-order valence-electron chi connectivity index (χ2n) is 4.31. The first-order valence-corrected chi connectivity index (χ1v) is 5.29. The van der Waals surface area contributed by atoms with Crippen molar-refractivity contribution in [2.75, 3.05) is 6.61 Å². The van der Waals surface area contributed by atoms with E-state index in [1.54, 1.807) is 0 Å². The molecule has 3 heteroatoms. The van der Waals surface area contributed by atoms with Crippen LogP contribution in [0.3, 0.4) is 0 Å². The van der Waals surface area contributed by atoms with Gasteiger partial charge < -0.3 is 10.1 Å². The van der Waals surface area contributed by atoms with Gasteiger partial charge in [-0.05, 0) is 31.8 Å². The molecular weight excluding hydrogens is 178 g/mol. The van der Waals surface area contributed by atoms with Crippen LogP contribution in [0, 0.1) is 11.5 Å². The maximum absolute atomic E-state index is 11.8. The fourth-order valence-corrected chi connectivity index (χ4v) is 2.71. The summed E-state index contributed by atoms with van der Waals surface area (Å²) in [4.78, 5) is 11.8. The molecule has 0 aromatic rings. The van der Waals surface area contributed by atoms with Crippen LogP contribution in [0.25, 0.3) is 0 Å². The molecule has 3 nitrogen and oxygen atoms in total. The summed E-state index contributed by atoms with van der Waals surface area (Å²) in [6, 6.07) is 1.78. The van der Waals surface area contributed by atoms with Gasteiger partial charge in [0.15, 0.2) is 0 Å². The van der Waals surface area contributed by atoms with Crippen molar-refractivity contribution in [3.05, 3.63) is 17.7 Å². The average molecular weight is 192 g/mol. The quantitative estimate of drug-likeness (QED) is 0.667. The molecule has 14 heavy (non-hydrogen) atoms. The number of esters is 1. The van der Waals surface area contributed by atoms with E-state index in [-0.39, 0.29) is 11.4 Å². The molecule has 2 atom stereocenters. The molecule has 2 heterocycles. The van der Waals surface area contributed by atoms with E-state index in [0.717, 1.165) is 12.8 Å². The molecule has 0 aromatic carbocycles. The first kappa shape index (κ1) is 8.48. The summed E-state index contributed by atoms with van der Waals surface area (Å²) < 4.78 is 5.12. The Kier molecular flexibility index (Phi) is 1.57. The lowest BCUT2D eigenvalue weighted by atomic mass is 9.88. The zero-order valence-corrected chi connectivity index (χ0v) is 8.30. The SMILES string of the molecule is CCOC(=O)C12C=C1[C]1CCC(C2)N1. The zero-order valence-electron chi connectivity index (χ0n) is 8.30. The number of ether oxygens (including phenoxy) is 1. The van der Waals surface area contributed by atoms with Crippen LogP contribution in [0.2, 0.25) is 0 Å². The van der Waals surface area contributed by atoms with Gasteiger partial charge in [-0.25, -0.2) is 0 Å². The molecule has 0 saturated carbocycles. The third kappa shape index (κ3) is 0.934. The highest BCUT2D eigenvalue weighted by atomic mass is 16.5. The minimum Gasteiger partial charge on any atom is -0.465 e. The normalized spacial score (nSPS) is 38.9. The Bertz CT molecular complexity index is 323. The molecule has 2 bridgehead atoms. The summed E-state index contributed by atoms with van der Waals surface area (Å²) in [5, 5.41) is 3.44. The van der Waals surface area contributed by atoms with Gasteiger partial charge in [0.1, 0.15) is 5.41 Å². The van der Waals surface area contributed by atoms with Crippen molar-refractivity contribution >= 4 is 5.97 Å². The van der Waals surface area contributed by atoms with Crippen molar-refractivity contribution in [1.29, 1.82) is 0 Å². The molecular formula is C11H14NO2. The van der Waals surface area contributed by atoms with Crippen molar-refractivity contribution in [3.63, 3.8) is 0 Å². The number of nitrogens with one attached hydrogen (secondary N) is 1. The van der Waals surface area contributed by atoms with Crippen molar-refractivity contribution in [1.82, 2.24) is 5.32 Å². The minimum atomic E-state index is -0.308. The number of piperidine rings is 1. The van der Waals surface area contributed by atoms with Crippen LogP contribution in [-0.4, -0.2) is 18.6 Å². The third-order valence-corrected chi connectivity index (χ3v) is 3.44. The molecule has 3 aliphatic rings. The first-order chi connectivity index (χ1) is 6.76. The number of hydrogen-bond donors (Lipinski definition) is 1. The molecule has 2 unspecified atom stereocenters. The van der Waals surface area contributed by atoms with Crippen LogP contribution < -0.4 is 5.32 Å². The standard InChI is InChI=1S/C11H14NO2/c1-2-14-10(13)11-5-7-3-4-9(12-7)8(11)6-11/h6-7,12H,2-5H2,1H3. The highest BCUT2D eigenvalue weighted by Gasteiger charge is 2.60. The van der Waals surface area contributed by atoms with Gasteiger partial charge >= 0.3 is 5.97 Å². The molecule has 2 aliphatic heterocycles. The summed E-state index contributed by atoms with van der Waals surface area (Å²) in [5.74, 6) is -0.0408. The number of carbonyl (C=O) groups is 1. The summed E-state index contributed by atoms with van der Waals surface area (Å²) in [6.07, 6.45) is 5.27. The maximum atomic E-state index is 11.8. The van der Waals surface area contributed by atoms with Gasteiger partial charge in [0.2, 0.25) is 0 Å². The smallest absolute Gasteiger partial charge is 0.320 e. The largest absolute Gasteiger partial charge is 0.465 e. The van der Waals surface area contributed by atoms with Gasteiger partial charge in [0, 0.05) is 6.04 Å². The van der Waals surface area contributed by atoms with E-state index >= 15 is 0 Å². The van der Waals surface area contributed by atoms with E-state index in [9.17, 15) is 4.79 Å². The van der Waals surface area contributed by atoms with Crippen molar-refractivity contribution in [2.24, 2.45) is 5.41 Å². The third-order valence-electron chi connectivity index (χ3n) is 3.44. The Balaban J connectivity index is 1.80. The Morgan fingerprint density at radius 3 is 3.43 bits per heavy atom. The summed E-state index contributed by atoms with van der Waals surface area (Å²) >= 11 is 0. The van der Waals surface area contributed by atoms with E-state index in [1.807, 2.05) is 6.92 Å². The number of rotatable bonds is 2. The van der Waals surface area contributed by atoms with E-state index < -0.39 is 0 Å². The van der Waals surface area contributed by atoms with Crippen molar-refractivity contribution in [3.8, 4) is 0 Å². The second kappa shape index (κ2) is 2.60. The van der Waals surface area contributed by atoms with Gasteiger partial charge in [-0.1, -0.05) is 6.08 Å². The van der Waals surface area contributed by atoms with Gasteiger partial charge in [0.05, 0.1) is 12.6 Å². The van der Waals surface area contributed by atoms with Crippen LogP contribution in [0.15, 0.2) is 11.6 Å². The number of hydrogen-bond acceptors (Lipinski definition) is 3. The van der Waals surface area contributed by atoms with Gasteiger partial charge in [-0.15, -0.1) is 0 Å². The monoisotopic (exact) mass is 192 g/mol. The molecule has 0 spiro atoms. The molecule has 1 radical (unpaired) electrons. The first-order valence-electron chi connectivity index (χ1n) is 5.29. The second-order valence-corrected chi connectivity index (χ2v) is 4.31. The molecule has 2 fully saturated rings. The van der Waals surface area contributed by atoms with Crippen LogP contribution in [0.4, 0.5) is 0 Å². The molecule has 0 amide bonds. The molecule has 75 valence electrons. The van der Waals surface area contributed by atoms with Crippen LogP contribution in [-0.2, 0) is 9.53 Å². The van der Waals surface area contributed by atoms with Crippen LogP contribution >= 0.6 is 0 Å². The Labute approximate surface area is 83.5 Å². The van der Waals surface area contributed by atoms with Crippen LogP contribution in [0.5, 0.6) is 0 Å². The maximum Gasteiger partial charge on any atom is 0.320 e. The fourth-order valence-electron chi connectivity index (χ4n) is 2.71. The summed E-state index contributed by atoms with van der Waals surface area (Å²) in [7, 11) is 0. The summed E-state index contributed by atoms with van der Waals surface area (Å²) in [6.45, 7) is 2.34. The van der Waals surface area contributed by atoms with E-state index in [4.69, 9.17) is 4.74 Å². The lowest BCUT2D eigenvalue weighted by molar-refractivity contribution is -0.149. The fraction of sp³-hybridized carbons (Fsp3) is 0.636. The predicted molar refractivity (Wildman–Crippen MR) is 51.2 cm³/mol. The van der Waals surface area contributed by atoms with Crippen LogP contribution in [0.1, 0.15) is 26.2 Å². The highest BCUT2D eigenvalue weighted by Crippen LogP contribution is 2.59. The Morgan fingerprint density at radius 2 is 2.64 bits per heavy atom. The Hall–Kier alpha value is -0.830. The lowest BCUT2D eigenvalue weighted by Crippen LogP contribution is -2.38. The molecule has 2 saturated heterocycles. The molecule has 0 aromatic heterocycles. The zero-order chi connectivity index (χ0) is 9.76. The van der Waals surface area contributed by atoms with Gasteiger partial charge in [-0.3, -0.25) is 4.79 Å². The topological polar surface area (TPSA) is 38.3 Å². The number of fused-ring (bicyclic) bond motifs is 4. The molecule has 3 rings (SSSR count). The molecule has 1 N–H and O–H groups in total. The predicted octanol–water partition coefficient (Wildman–Crippen LogP) is 1.16. The highest BCUT2D eigenvalue weighted by molar-refractivity contribution is 5.91. The Morgan fingerprint density at radius 1 is 1.79 bits per heavy atom. The number of carbonyl (C=O) groups excluding carboxylic acids is 1. The van der Waals surface area contributed by atoms with Gasteiger partial charge in [0.25, 0.3) is 0 Å². The lowest BCUT2D eigenvalue weighted by Gasteiger charge is -2.27. The molecule has 1 aliphatic carbocycles. The van der Waals surface area contributed by atoms with E-state index in [1.165, 1.54) is 18.0 Å². The van der Waals surface area contributed by atoms with Crippen molar-refractivity contribution in [2.45, 2.75) is 32.2 Å². The van der Waals surface area contributed by atoms with E-state index in [2.05, 4.69) is 11.4 Å². The van der Waals surface area contributed by atoms with E-state index in [0.29, 0.717) is 12.6 Å². The summed E-state index contributed by atoms with van der Waals surface area (Å²) in [5.41, 5.74) is 0.905. The minimum absolute atomic E-state index is 0.0408. The van der Waals surface area contributed by atoms with Crippen molar-refractivity contribution < 1.29 is 9.53 Å².